The molecule has 0 spiro atoms. The second-order valence-corrected chi connectivity index (χ2v) is 8.67. The first-order valence-electron chi connectivity index (χ1n) is 10.3. The number of hydrogen-bond acceptors (Lipinski definition) is 4. The van der Waals surface area contributed by atoms with Gasteiger partial charge in [0.25, 0.3) is 5.91 Å². The van der Waals surface area contributed by atoms with Crippen molar-refractivity contribution in [2.24, 2.45) is 0 Å². The standard InChI is InChI=1S/C22H24ClF4N5O2/c1-13-9-14(22(25,26)27)10-19(28-13)32-18(12-31(21(32)34)8-7-29(2)3)20(33)30(4)15-5-6-17(24)16(23)11-15/h5-6,9-11,18H,7-8,12H2,1-4H3/t18-/m0/s1. The summed E-state index contributed by atoms with van der Waals surface area (Å²) in [5.41, 5.74) is -0.655. The van der Waals surface area contributed by atoms with Crippen LogP contribution in [0.2, 0.25) is 5.02 Å². The van der Waals surface area contributed by atoms with E-state index in [1.807, 2.05) is 19.0 Å². The second kappa shape index (κ2) is 9.75. The molecule has 2 heterocycles. The second-order valence-electron chi connectivity index (χ2n) is 8.27. The Hall–Kier alpha value is -2.92. The van der Waals surface area contributed by atoms with Gasteiger partial charge in [-0.2, -0.15) is 13.2 Å². The van der Waals surface area contributed by atoms with Crippen LogP contribution in [-0.2, 0) is 11.0 Å². The van der Waals surface area contributed by atoms with E-state index >= 15 is 0 Å². The Kier molecular flexibility index (Phi) is 7.37. The molecule has 0 radical (unpaired) electrons. The molecule has 3 rings (SSSR count). The maximum atomic E-state index is 13.6. The van der Waals surface area contributed by atoms with Gasteiger partial charge in [-0.1, -0.05) is 11.6 Å². The summed E-state index contributed by atoms with van der Waals surface area (Å²) in [4.78, 5) is 36.2. The fourth-order valence-electron chi connectivity index (χ4n) is 3.59. The van der Waals surface area contributed by atoms with Crippen LogP contribution in [0.4, 0.5) is 33.9 Å². The van der Waals surface area contributed by atoms with E-state index < -0.39 is 35.5 Å². The lowest BCUT2D eigenvalue weighted by Crippen LogP contribution is -2.47. The summed E-state index contributed by atoms with van der Waals surface area (Å²) in [6.45, 7) is 2.07. The third-order valence-electron chi connectivity index (χ3n) is 5.42. The van der Waals surface area contributed by atoms with Crippen LogP contribution in [0.1, 0.15) is 11.3 Å². The summed E-state index contributed by atoms with van der Waals surface area (Å²) >= 11 is 5.83. The van der Waals surface area contributed by atoms with E-state index in [9.17, 15) is 27.2 Å². The fraction of sp³-hybridized carbons (Fsp3) is 0.409. The highest BCUT2D eigenvalue weighted by Crippen LogP contribution is 2.34. The van der Waals surface area contributed by atoms with Crippen molar-refractivity contribution in [2.75, 3.05) is 50.6 Å². The number of carbonyl (C=O) groups is 2. The van der Waals surface area contributed by atoms with Crippen molar-refractivity contribution in [1.82, 2.24) is 14.8 Å². The summed E-state index contributed by atoms with van der Waals surface area (Å²) in [5, 5.41) is -0.195. The van der Waals surface area contributed by atoms with Crippen molar-refractivity contribution in [3.8, 4) is 0 Å². The van der Waals surface area contributed by atoms with E-state index in [0.29, 0.717) is 6.54 Å². The van der Waals surface area contributed by atoms with Crippen molar-refractivity contribution in [3.63, 3.8) is 0 Å². The topological polar surface area (TPSA) is 60.0 Å². The molecule has 12 heteroatoms. The highest BCUT2D eigenvalue weighted by atomic mass is 35.5. The fourth-order valence-corrected chi connectivity index (χ4v) is 3.77. The van der Waals surface area contributed by atoms with Crippen molar-refractivity contribution in [3.05, 3.63) is 52.4 Å². The number of pyridine rings is 1. The molecule has 1 atom stereocenters. The molecule has 1 aliphatic heterocycles. The molecule has 0 bridgehead atoms. The molecule has 0 unspecified atom stereocenters. The van der Waals surface area contributed by atoms with Crippen molar-refractivity contribution in [1.29, 1.82) is 0 Å². The first kappa shape index (κ1) is 25.7. The third-order valence-corrected chi connectivity index (χ3v) is 5.71. The minimum Gasteiger partial charge on any atom is -0.320 e. The van der Waals surface area contributed by atoms with Gasteiger partial charge in [0.1, 0.15) is 17.7 Å². The third kappa shape index (κ3) is 5.41. The van der Waals surface area contributed by atoms with E-state index in [1.165, 1.54) is 35.9 Å². The molecule has 1 fully saturated rings. The van der Waals surface area contributed by atoms with Crippen LogP contribution in [0.3, 0.4) is 0 Å². The lowest BCUT2D eigenvalue weighted by Gasteiger charge is -2.27. The van der Waals surface area contributed by atoms with Crippen LogP contribution in [-0.4, -0.2) is 73.5 Å². The number of benzene rings is 1. The van der Waals surface area contributed by atoms with Gasteiger partial charge in [-0.05, 0) is 51.4 Å². The number of urea groups is 1. The number of likely N-dealkylation sites (N-methyl/N-ethyl adjacent to an activating group) is 2. The Bertz CT molecular complexity index is 1100. The van der Waals surface area contributed by atoms with E-state index in [1.54, 1.807) is 0 Å². The van der Waals surface area contributed by atoms with Gasteiger partial charge in [0.2, 0.25) is 0 Å². The molecule has 7 nitrogen and oxygen atoms in total. The summed E-state index contributed by atoms with van der Waals surface area (Å²) < 4.78 is 53.9. The molecule has 2 aromatic rings. The van der Waals surface area contributed by atoms with Crippen LogP contribution in [0.25, 0.3) is 0 Å². The first-order chi connectivity index (χ1) is 15.8. The molecular weight excluding hydrogens is 478 g/mol. The summed E-state index contributed by atoms with van der Waals surface area (Å²) in [5.74, 6) is -1.52. The minimum atomic E-state index is -4.66. The van der Waals surface area contributed by atoms with Crippen LogP contribution < -0.4 is 9.80 Å². The zero-order valence-corrected chi connectivity index (χ0v) is 19.8. The Labute approximate surface area is 199 Å². The number of nitrogens with zero attached hydrogens (tertiary/aromatic N) is 5. The maximum absolute atomic E-state index is 13.6. The average molecular weight is 502 g/mol. The largest absolute Gasteiger partial charge is 0.416 e. The smallest absolute Gasteiger partial charge is 0.320 e. The number of aryl methyl sites for hydroxylation is 1. The summed E-state index contributed by atoms with van der Waals surface area (Å²) in [7, 11) is 5.04. The predicted octanol–water partition coefficient (Wildman–Crippen LogP) is 4.04. The van der Waals surface area contributed by atoms with Gasteiger partial charge in [-0.25, -0.2) is 14.2 Å². The minimum absolute atomic E-state index is 0.0502. The van der Waals surface area contributed by atoms with Crippen LogP contribution in [0.5, 0.6) is 0 Å². The van der Waals surface area contributed by atoms with Gasteiger partial charge in [0.05, 0.1) is 17.1 Å². The number of alkyl halides is 3. The lowest BCUT2D eigenvalue weighted by molar-refractivity contribution is -0.137. The van der Waals surface area contributed by atoms with Crippen LogP contribution in [0, 0.1) is 12.7 Å². The van der Waals surface area contributed by atoms with Gasteiger partial charge in [0.15, 0.2) is 0 Å². The molecule has 1 aromatic heterocycles. The monoisotopic (exact) mass is 501 g/mol. The summed E-state index contributed by atoms with van der Waals surface area (Å²) in [6.07, 6.45) is -4.66. The van der Waals surface area contributed by atoms with Gasteiger partial charge in [0, 0.05) is 31.5 Å². The number of carbonyl (C=O) groups excluding carboxylic acids is 2. The van der Waals surface area contributed by atoms with Crippen LogP contribution in [0.15, 0.2) is 30.3 Å². The molecule has 0 N–H and O–H groups in total. The molecule has 34 heavy (non-hydrogen) atoms. The maximum Gasteiger partial charge on any atom is 0.416 e. The molecule has 0 saturated carbocycles. The quantitative estimate of drug-likeness (QED) is 0.561. The van der Waals surface area contributed by atoms with Crippen LogP contribution >= 0.6 is 11.6 Å². The number of rotatable bonds is 6. The zero-order valence-electron chi connectivity index (χ0n) is 19.0. The number of hydrogen-bond donors (Lipinski definition) is 0. The zero-order chi connectivity index (χ0) is 25.4. The highest BCUT2D eigenvalue weighted by Gasteiger charge is 2.45. The van der Waals surface area contributed by atoms with Crippen molar-refractivity contribution in [2.45, 2.75) is 19.1 Å². The van der Waals surface area contributed by atoms with Crippen molar-refractivity contribution < 1.29 is 27.2 Å². The van der Waals surface area contributed by atoms with E-state index in [4.69, 9.17) is 11.6 Å². The van der Waals surface area contributed by atoms with Gasteiger partial charge < -0.3 is 14.7 Å². The molecule has 184 valence electrons. The normalized spacial score (nSPS) is 16.5. The van der Waals surface area contributed by atoms with E-state index in [2.05, 4.69) is 4.98 Å². The number of aromatic nitrogens is 1. The van der Waals surface area contributed by atoms with E-state index in [0.717, 1.165) is 23.1 Å². The SMILES string of the molecule is Cc1cc(C(F)(F)F)cc(N2C(=O)N(CCN(C)C)C[C@H]2C(=O)N(C)c2ccc(F)c(Cl)c2)n1. The molecule has 1 aromatic carbocycles. The Morgan fingerprint density at radius 1 is 1.21 bits per heavy atom. The number of amides is 3. The highest BCUT2D eigenvalue weighted by molar-refractivity contribution is 6.31. The molecule has 1 aliphatic rings. The summed E-state index contributed by atoms with van der Waals surface area (Å²) in [6, 6.07) is 3.55. The van der Waals surface area contributed by atoms with Gasteiger partial charge in [-0.15, -0.1) is 0 Å². The van der Waals surface area contributed by atoms with E-state index in [-0.39, 0.29) is 35.3 Å². The first-order valence-corrected chi connectivity index (χ1v) is 10.7. The Morgan fingerprint density at radius 3 is 2.47 bits per heavy atom. The molecule has 3 amide bonds. The lowest BCUT2D eigenvalue weighted by atomic mass is 10.1. The number of halogens is 5. The Balaban J connectivity index is 2.02. The predicted molar refractivity (Wildman–Crippen MR) is 121 cm³/mol. The number of anilines is 2. The molecule has 0 aliphatic carbocycles. The van der Waals surface area contributed by atoms with Gasteiger partial charge >= 0.3 is 12.2 Å². The average Bonchev–Trinajstić information content (AvgIpc) is 3.08. The molecular formula is C22H24ClF4N5O2. The van der Waals surface area contributed by atoms with Crippen molar-refractivity contribution >= 4 is 35.0 Å². The van der Waals surface area contributed by atoms with Gasteiger partial charge in [-0.3, -0.25) is 9.69 Å². The molecule has 1 saturated heterocycles. The Morgan fingerprint density at radius 2 is 1.88 bits per heavy atom.